The van der Waals surface area contributed by atoms with Gasteiger partial charge in [0, 0.05) is 13.1 Å². The van der Waals surface area contributed by atoms with Crippen LogP contribution in [0.2, 0.25) is 0 Å². The van der Waals surface area contributed by atoms with Crippen molar-refractivity contribution in [3.05, 3.63) is 23.4 Å². The summed E-state index contributed by atoms with van der Waals surface area (Å²) in [6, 6.07) is 3.93. The van der Waals surface area contributed by atoms with Crippen LogP contribution in [0.25, 0.3) is 10.7 Å². The average Bonchev–Trinajstić information content (AvgIpc) is 3.09. The molecule has 1 unspecified atom stereocenters. The van der Waals surface area contributed by atoms with Gasteiger partial charge in [0.05, 0.1) is 30.7 Å². The Balaban J connectivity index is 1.64. The van der Waals surface area contributed by atoms with Gasteiger partial charge >= 0.3 is 0 Å². The Morgan fingerprint density at radius 1 is 1.53 bits per heavy atom. The van der Waals surface area contributed by atoms with Gasteiger partial charge in [-0.1, -0.05) is 11.2 Å². The van der Waals surface area contributed by atoms with Crippen LogP contribution in [0.5, 0.6) is 0 Å². The lowest BCUT2D eigenvalue weighted by molar-refractivity contribution is -0.0571. The summed E-state index contributed by atoms with van der Waals surface area (Å²) in [5.41, 5.74) is 0. The third-order valence-electron chi connectivity index (χ3n) is 3.00. The minimum atomic E-state index is -0.117. The second kappa shape index (κ2) is 5.79. The van der Waals surface area contributed by atoms with Gasteiger partial charge in [-0.2, -0.15) is 4.98 Å². The maximum absolute atomic E-state index is 9.10. The summed E-state index contributed by atoms with van der Waals surface area (Å²) in [7, 11) is 0. The van der Waals surface area contributed by atoms with Crippen LogP contribution in [-0.4, -0.2) is 52.6 Å². The molecule has 0 aliphatic carbocycles. The van der Waals surface area contributed by atoms with E-state index in [0.717, 1.165) is 11.4 Å². The summed E-state index contributed by atoms with van der Waals surface area (Å²) in [6.45, 7) is 2.76. The monoisotopic (exact) mass is 281 g/mol. The molecule has 0 amide bonds. The zero-order chi connectivity index (χ0) is 13.1. The second-order valence-corrected chi connectivity index (χ2v) is 5.35. The van der Waals surface area contributed by atoms with E-state index in [-0.39, 0.29) is 12.7 Å². The molecule has 2 aromatic heterocycles. The molecule has 0 saturated carbocycles. The Morgan fingerprint density at radius 3 is 3.26 bits per heavy atom. The third-order valence-corrected chi connectivity index (χ3v) is 3.86. The number of aromatic nitrogens is 2. The molecule has 1 aliphatic heterocycles. The number of nitrogens with zero attached hydrogens (tertiary/aromatic N) is 3. The number of rotatable bonds is 4. The van der Waals surface area contributed by atoms with Crippen LogP contribution < -0.4 is 0 Å². The highest BCUT2D eigenvalue weighted by Gasteiger charge is 2.21. The van der Waals surface area contributed by atoms with E-state index < -0.39 is 0 Å². The number of aliphatic hydroxyl groups excluding tert-OH is 1. The zero-order valence-electron chi connectivity index (χ0n) is 10.4. The molecule has 1 N–H and O–H groups in total. The summed E-state index contributed by atoms with van der Waals surface area (Å²) in [5.74, 6) is 1.24. The normalized spacial score (nSPS) is 20.8. The van der Waals surface area contributed by atoms with Crippen molar-refractivity contribution in [1.82, 2.24) is 15.0 Å². The molecule has 1 saturated heterocycles. The molecule has 19 heavy (non-hydrogen) atoms. The summed E-state index contributed by atoms with van der Waals surface area (Å²) in [5, 5.41) is 15.1. The highest BCUT2D eigenvalue weighted by molar-refractivity contribution is 7.13. The Morgan fingerprint density at radius 2 is 2.47 bits per heavy atom. The van der Waals surface area contributed by atoms with E-state index in [4.69, 9.17) is 14.4 Å². The van der Waals surface area contributed by atoms with Gasteiger partial charge in [0.25, 0.3) is 0 Å². The zero-order valence-corrected chi connectivity index (χ0v) is 11.2. The van der Waals surface area contributed by atoms with Crippen LogP contribution in [0.15, 0.2) is 22.0 Å². The molecule has 0 aromatic carbocycles. The van der Waals surface area contributed by atoms with Crippen LogP contribution in [0.3, 0.4) is 0 Å². The summed E-state index contributed by atoms with van der Waals surface area (Å²) in [6.07, 6.45) is -0.117. The predicted octanol–water partition coefficient (Wildman–Crippen LogP) is 0.991. The van der Waals surface area contributed by atoms with Crippen LogP contribution >= 0.6 is 11.3 Å². The Hall–Kier alpha value is -1.28. The van der Waals surface area contributed by atoms with Crippen molar-refractivity contribution < 1.29 is 14.4 Å². The molecule has 2 aromatic rings. The van der Waals surface area contributed by atoms with Crippen molar-refractivity contribution in [3.63, 3.8) is 0 Å². The highest BCUT2D eigenvalue weighted by atomic mass is 32.1. The molecule has 1 atom stereocenters. The lowest BCUT2D eigenvalue weighted by atomic mass is 10.3. The number of ether oxygens (including phenoxy) is 1. The lowest BCUT2D eigenvalue weighted by Gasteiger charge is -2.30. The quantitative estimate of drug-likeness (QED) is 0.901. The minimum absolute atomic E-state index is 0.0424. The van der Waals surface area contributed by atoms with Crippen molar-refractivity contribution in [1.29, 1.82) is 0 Å². The van der Waals surface area contributed by atoms with Gasteiger partial charge in [0.1, 0.15) is 0 Å². The summed E-state index contributed by atoms with van der Waals surface area (Å²) >= 11 is 1.59. The molecule has 0 bridgehead atoms. The van der Waals surface area contributed by atoms with E-state index in [9.17, 15) is 0 Å². The average molecular weight is 281 g/mol. The largest absolute Gasteiger partial charge is 0.394 e. The topological polar surface area (TPSA) is 71.6 Å². The Kier molecular flexibility index (Phi) is 3.88. The fourth-order valence-corrected chi connectivity index (χ4v) is 2.70. The first-order valence-corrected chi connectivity index (χ1v) is 7.04. The first-order valence-electron chi connectivity index (χ1n) is 6.16. The predicted molar refractivity (Wildman–Crippen MR) is 69.7 cm³/mol. The Labute approximate surface area is 114 Å². The number of aliphatic hydroxyl groups is 1. The molecular formula is C12H15N3O3S. The van der Waals surface area contributed by atoms with Crippen LogP contribution in [0, 0.1) is 0 Å². The van der Waals surface area contributed by atoms with Gasteiger partial charge in [0.2, 0.25) is 11.7 Å². The van der Waals surface area contributed by atoms with E-state index in [1.54, 1.807) is 11.3 Å². The van der Waals surface area contributed by atoms with Gasteiger partial charge in [-0.25, -0.2) is 0 Å². The molecule has 6 nitrogen and oxygen atoms in total. The van der Waals surface area contributed by atoms with Crippen molar-refractivity contribution in [2.75, 3.05) is 26.3 Å². The standard InChI is InChI=1S/C12H15N3O3S/c16-8-9-6-15(3-4-17-9)7-11-13-12(14-18-11)10-2-1-5-19-10/h1-2,5,9,16H,3-4,6-8H2. The SMILES string of the molecule is OCC1CN(Cc2nc(-c3cccs3)no2)CCO1. The van der Waals surface area contributed by atoms with Gasteiger partial charge < -0.3 is 14.4 Å². The molecule has 1 fully saturated rings. The summed E-state index contributed by atoms with van der Waals surface area (Å²) < 4.78 is 10.7. The van der Waals surface area contributed by atoms with E-state index in [2.05, 4.69) is 15.0 Å². The number of hydrogen-bond acceptors (Lipinski definition) is 7. The molecule has 3 rings (SSSR count). The molecular weight excluding hydrogens is 266 g/mol. The third kappa shape index (κ3) is 3.01. The molecule has 3 heterocycles. The summed E-state index contributed by atoms with van der Waals surface area (Å²) in [4.78, 5) is 7.54. The molecule has 0 radical (unpaired) electrons. The maximum atomic E-state index is 9.10. The van der Waals surface area contributed by atoms with Gasteiger partial charge in [-0.15, -0.1) is 11.3 Å². The smallest absolute Gasteiger partial charge is 0.241 e. The van der Waals surface area contributed by atoms with Gasteiger partial charge in [0.15, 0.2) is 0 Å². The van der Waals surface area contributed by atoms with E-state index in [1.165, 1.54) is 0 Å². The number of morpholine rings is 1. The number of hydrogen-bond donors (Lipinski definition) is 1. The second-order valence-electron chi connectivity index (χ2n) is 4.40. The van der Waals surface area contributed by atoms with Crippen molar-refractivity contribution in [2.45, 2.75) is 12.6 Å². The molecule has 102 valence electrons. The fraction of sp³-hybridized carbons (Fsp3) is 0.500. The minimum Gasteiger partial charge on any atom is -0.394 e. The van der Waals surface area contributed by atoms with Crippen molar-refractivity contribution >= 4 is 11.3 Å². The van der Waals surface area contributed by atoms with Crippen LogP contribution in [0.4, 0.5) is 0 Å². The van der Waals surface area contributed by atoms with Crippen LogP contribution in [0.1, 0.15) is 5.89 Å². The van der Waals surface area contributed by atoms with Gasteiger partial charge in [-0.05, 0) is 11.4 Å². The first kappa shape index (κ1) is 12.7. The molecule has 0 spiro atoms. The number of thiophene rings is 1. The van der Waals surface area contributed by atoms with E-state index in [0.29, 0.717) is 31.4 Å². The lowest BCUT2D eigenvalue weighted by Crippen LogP contribution is -2.43. The van der Waals surface area contributed by atoms with Crippen LogP contribution in [-0.2, 0) is 11.3 Å². The fourth-order valence-electron chi connectivity index (χ4n) is 2.05. The first-order chi connectivity index (χ1) is 9.35. The van der Waals surface area contributed by atoms with Crippen molar-refractivity contribution in [3.8, 4) is 10.7 Å². The Bertz CT molecular complexity index is 514. The molecule has 1 aliphatic rings. The maximum Gasteiger partial charge on any atom is 0.241 e. The van der Waals surface area contributed by atoms with E-state index in [1.807, 2.05) is 17.5 Å². The van der Waals surface area contributed by atoms with Crippen molar-refractivity contribution in [2.24, 2.45) is 0 Å². The van der Waals surface area contributed by atoms with Gasteiger partial charge in [-0.3, -0.25) is 4.90 Å². The molecule has 7 heteroatoms. The highest BCUT2D eigenvalue weighted by Crippen LogP contribution is 2.21. The van der Waals surface area contributed by atoms with E-state index >= 15 is 0 Å².